The normalized spacial score (nSPS) is 19.8. The molecule has 2 saturated heterocycles. The molecule has 10 nitrogen and oxygen atoms in total. The molecule has 2 fully saturated rings. The van der Waals surface area contributed by atoms with E-state index in [-0.39, 0.29) is 6.10 Å². The van der Waals surface area contributed by atoms with Crippen LogP contribution in [0.25, 0.3) is 0 Å². The van der Waals surface area contributed by atoms with Crippen LogP contribution in [0.3, 0.4) is 0 Å². The van der Waals surface area contributed by atoms with E-state index in [1.54, 1.807) is 31.8 Å². The highest BCUT2D eigenvalue weighted by Gasteiger charge is 2.45. The molecule has 2 aliphatic heterocycles. The molecule has 0 radical (unpaired) electrons. The summed E-state index contributed by atoms with van der Waals surface area (Å²) < 4.78 is 26.0. The van der Waals surface area contributed by atoms with E-state index >= 15 is 0 Å². The Hall–Kier alpha value is -3.58. The van der Waals surface area contributed by atoms with Gasteiger partial charge < -0.3 is 39.0 Å². The molecular weight excluding hydrogens is 659 g/mol. The van der Waals surface area contributed by atoms with Crippen molar-refractivity contribution in [3.8, 4) is 11.5 Å². The maximum absolute atomic E-state index is 6.59. The van der Waals surface area contributed by atoms with E-state index < -0.39 is 5.79 Å². The van der Waals surface area contributed by atoms with Crippen LogP contribution in [0.4, 0.5) is 11.4 Å². The third-order valence-electron chi connectivity index (χ3n) is 8.22. The molecule has 4 aromatic rings. The number of anilines is 2. The molecule has 0 aliphatic carbocycles. The Morgan fingerprint density at radius 2 is 1.79 bits per heavy atom. The zero-order valence-electron chi connectivity index (χ0n) is 26.1. The maximum Gasteiger partial charge on any atom is 0.215 e. The van der Waals surface area contributed by atoms with Gasteiger partial charge in [0.2, 0.25) is 5.79 Å². The zero-order chi connectivity index (χ0) is 32.6. The lowest BCUT2D eigenvalue weighted by Crippen LogP contribution is -2.48. The van der Waals surface area contributed by atoms with Crippen molar-refractivity contribution in [2.75, 3.05) is 69.8 Å². The second kappa shape index (κ2) is 15.5. The van der Waals surface area contributed by atoms with Crippen LogP contribution in [0, 0.1) is 0 Å². The van der Waals surface area contributed by atoms with Gasteiger partial charge in [-0.1, -0.05) is 29.3 Å². The first-order chi connectivity index (χ1) is 22.9. The first-order valence-electron chi connectivity index (χ1n) is 15.5. The minimum atomic E-state index is -1.08. The molecule has 0 saturated carbocycles. The van der Waals surface area contributed by atoms with Crippen molar-refractivity contribution in [2.24, 2.45) is 0 Å². The number of hydrogen-bond donors (Lipinski definition) is 2. The van der Waals surface area contributed by atoms with Crippen molar-refractivity contribution in [3.05, 3.63) is 101 Å². The Balaban J connectivity index is 0.939. The molecule has 2 aliphatic rings. The molecule has 3 aromatic carbocycles. The highest BCUT2D eigenvalue weighted by Crippen LogP contribution is 2.40. The van der Waals surface area contributed by atoms with Gasteiger partial charge >= 0.3 is 0 Å². The van der Waals surface area contributed by atoms with Gasteiger partial charge in [0.15, 0.2) is 5.11 Å². The Kier molecular flexibility index (Phi) is 11.0. The molecule has 0 unspecified atom stereocenters. The van der Waals surface area contributed by atoms with Gasteiger partial charge in [-0.25, -0.2) is 4.98 Å². The number of hydrogen-bond acceptors (Lipinski definition) is 8. The summed E-state index contributed by atoms with van der Waals surface area (Å²) in [5.74, 6) is 0.506. The number of benzene rings is 3. The highest BCUT2D eigenvalue weighted by atomic mass is 35.5. The van der Waals surface area contributed by atoms with E-state index in [4.69, 9.17) is 54.4 Å². The fourth-order valence-corrected chi connectivity index (χ4v) is 6.50. The lowest BCUT2D eigenvalue weighted by Gasteiger charge is -2.36. The van der Waals surface area contributed by atoms with Gasteiger partial charge in [0, 0.05) is 73.6 Å². The molecule has 3 heterocycles. The largest absolute Gasteiger partial charge is 0.497 e. The highest BCUT2D eigenvalue weighted by molar-refractivity contribution is 7.80. The van der Waals surface area contributed by atoms with Crippen molar-refractivity contribution in [2.45, 2.75) is 18.4 Å². The molecule has 0 spiro atoms. The summed E-state index contributed by atoms with van der Waals surface area (Å²) in [6.07, 6.45) is 5.01. The summed E-state index contributed by atoms with van der Waals surface area (Å²) >= 11 is 18.2. The summed E-state index contributed by atoms with van der Waals surface area (Å²) in [6.45, 7) is 6.65. The van der Waals surface area contributed by atoms with Crippen LogP contribution >= 0.6 is 35.4 Å². The number of piperazine rings is 1. The van der Waals surface area contributed by atoms with Gasteiger partial charge in [-0.3, -0.25) is 4.90 Å². The predicted octanol–water partition coefficient (Wildman–Crippen LogP) is 5.65. The van der Waals surface area contributed by atoms with Crippen molar-refractivity contribution >= 4 is 51.9 Å². The van der Waals surface area contributed by atoms with Crippen LogP contribution < -0.4 is 25.0 Å². The molecule has 6 rings (SSSR count). The van der Waals surface area contributed by atoms with Crippen LogP contribution in [0.5, 0.6) is 11.5 Å². The molecule has 47 heavy (non-hydrogen) atoms. The van der Waals surface area contributed by atoms with Crippen LogP contribution in [-0.2, 0) is 21.8 Å². The molecule has 0 bridgehead atoms. The summed E-state index contributed by atoms with van der Waals surface area (Å²) in [4.78, 5) is 9.00. The van der Waals surface area contributed by atoms with E-state index in [9.17, 15) is 0 Å². The number of rotatable bonds is 12. The Morgan fingerprint density at radius 1 is 1.02 bits per heavy atom. The van der Waals surface area contributed by atoms with E-state index in [0.717, 1.165) is 56.5 Å². The van der Waals surface area contributed by atoms with Crippen LogP contribution in [0.1, 0.15) is 5.56 Å². The fourth-order valence-electron chi connectivity index (χ4n) is 5.72. The number of nitrogens with one attached hydrogen (secondary N) is 2. The average molecular weight is 698 g/mol. The van der Waals surface area contributed by atoms with Crippen molar-refractivity contribution in [1.82, 2.24) is 19.8 Å². The number of ether oxygens (including phenoxy) is 4. The number of methoxy groups -OCH3 is 1. The van der Waals surface area contributed by atoms with Gasteiger partial charge in [0.05, 0.1) is 31.6 Å². The smallest absolute Gasteiger partial charge is 0.215 e. The van der Waals surface area contributed by atoms with Crippen molar-refractivity contribution < 1.29 is 18.9 Å². The molecule has 2 N–H and O–H groups in total. The second-order valence-electron chi connectivity index (χ2n) is 11.4. The quantitative estimate of drug-likeness (QED) is 0.181. The lowest BCUT2D eigenvalue weighted by atomic mass is 10.1. The molecule has 0 amide bonds. The number of nitrogens with zero attached hydrogens (tertiary/aromatic N) is 4. The first kappa shape index (κ1) is 33.3. The van der Waals surface area contributed by atoms with E-state index in [1.165, 1.54) is 5.69 Å². The van der Waals surface area contributed by atoms with Gasteiger partial charge in [0.25, 0.3) is 0 Å². The predicted molar refractivity (Wildman–Crippen MR) is 189 cm³/mol. The van der Waals surface area contributed by atoms with E-state index in [0.29, 0.717) is 40.5 Å². The van der Waals surface area contributed by atoms with Crippen LogP contribution in [-0.4, -0.2) is 85.3 Å². The van der Waals surface area contributed by atoms with E-state index in [2.05, 4.69) is 37.6 Å². The third kappa shape index (κ3) is 8.67. The fraction of sp³-hybridized carbons (Fsp3) is 0.353. The topological polar surface area (TPSA) is 85.3 Å². The summed E-state index contributed by atoms with van der Waals surface area (Å²) in [5, 5.41) is 8.16. The van der Waals surface area contributed by atoms with Crippen molar-refractivity contribution in [3.63, 3.8) is 0 Å². The SMILES string of the molecule is COc1ccc(NC(=S)NCCN2CCN(c3ccc(OC[C@@H]4CO[C@@](Cn5ccnc5)(c5ccc(Cl)cc5Cl)O4)cc3)CC2)cc1. The van der Waals surface area contributed by atoms with Gasteiger partial charge in [-0.15, -0.1) is 0 Å². The number of thiocarbonyl (C=S) groups is 1. The molecule has 248 valence electrons. The summed E-state index contributed by atoms with van der Waals surface area (Å²) in [7, 11) is 1.65. The third-order valence-corrected chi connectivity index (χ3v) is 9.02. The first-order valence-corrected chi connectivity index (χ1v) is 16.7. The number of halogens is 2. The minimum absolute atomic E-state index is 0.292. The zero-order valence-corrected chi connectivity index (χ0v) is 28.4. The Morgan fingerprint density at radius 3 is 2.49 bits per heavy atom. The number of aromatic nitrogens is 2. The average Bonchev–Trinajstić information content (AvgIpc) is 3.75. The Bertz CT molecular complexity index is 1600. The molecule has 2 atom stereocenters. The monoisotopic (exact) mass is 696 g/mol. The van der Waals surface area contributed by atoms with Gasteiger partial charge in [0.1, 0.15) is 24.2 Å². The standard InChI is InChI=1S/C34H38Cl2N6O4S/c1-43-28-7-3-26(4-8-28)39-33(47)38-13-15-40-16-18-42(19-17-40)27-5-9-29(10-6-27)44-21-30-22-45-34(46-30,23-41-14-12-37-24-41)31-11-2-25(35)20-32(31)36/h2-12,14,20,24,30H,13,15-19,21-23H2,1H3,(H2,38,39,47)/t30-,34-/m1/s1. The van der Waals surface area contributed by atoms with Gasteiger partial charge in [-0.2, -0.15) is 0 Å². The molecule has 13 heteroatoms. The lowest BCUT2D eigenvalue weighted by molar-refractivity contribution is -0.189. The second-order valence-corrected chi connectivity index (χ2v) is 12.7. The van der Waals surface area contributed by atoms with Crippen LogP contribution in [0.2, 0.25) is 10.0 Å². The maximum atomic E-state index is 6.59. The molecule has 1 aromatic heterocycles. The summed E-state index contributed by atoms with van der Waals surface area (Å²) in [5.41, 5.74) is 2.82. The van der Waals surface area contributed by atoms with Crippen LogP contribution in [0.15, 0.2) is 85.5 Å². The van der Waals surface area contributed by atoms with Crippen molar-refractivity contribution in [1.29, 1.82) is 0 Å². The van der Waals surface area contributed by atoms with E-state index in [1.807, 2.05) is 53.2 Å². The Labute approximate surface area is 290 Å². The summed E-state index contributed by atoms with van der Waals surface area (Å²) in [6, 6.07) is 21.3. The molecular formula is C34H38Cl2N6O4S. The minimum Gasteiger partial charge on any atom is -0.497 e. The number of imidazole rings is 1. The van der Waals surface area contributed by atoms with Gasteiger partial charge in [-0.05, 0) is 72.9 Å².